The Morgan fingerprint density at radius 2 is 1.62 bits per heavy atom. The normalized spacial score (nSPS) is 12.2. The number of carbonyl (C=O) groups is 2. The molecule has 0 bridgehead atoms. The van der Waals surface area contributed by atoms with Gasteiger partial charge in [-0.2, -0.15) is 0 Å². The molecular weight excluding hydrogens is 426 g/mol. The summed E-state index contributed by atoms with van der Waals surface area (Å²) in [6, 6.07) is 14.5. The van der Waals surface area contributed by atoms with E-state index in [-0.39, 0.29) is 24.8 Å². The third-order valence-electron chi connectivity index (χ3n) is 5.26. The number of nitrogens with one attached hydrogen (secondary N) is 1. The highest BCUT2D eigenvalue weighted by molar-refractivity contribution is 7.92. The van der Waals surface area contributed by atoms with Gasteiger partial charge in [0.25, 0.3) is 0 Å². The van der Waals surface area contributed by atoms with Crippen LogP contribution < -0.4 is 9.62 Å². The first-order valence-corrected chi connectivity index (χ1v) is 12.5. The highest BCUT2D eigenvalue weighted by Gasteiger charge is 2.26. The van der Waals surface area contributed by atoms with Gasteiger partial charge in [0.05, 0.1) is 11.9 Å². The Kier molecular flexibility index (Phi) is 8.83. The first kappa shape index (κ1) is 25.4. The molecule has 0 radical (unpaired) electrons. The maximum Gasteiger partial charge on any atom is 0.242 e. The topological polar surface area (TPSA) is 86.8 Å². The maximum absolute atomic E-state index is 13.1. The summed E-state index contributed by atoms with van der Waals surface area (Å²) in [7, 11) is -1.97. The lowest BCUT2D eigenvalue weighted by molar-refractivity contribution is -0.140. The Hall–Kier alpha value is -2.87. The van der Waals surface area contributed by atoms with Crippen molar-refractivity contribution in [3.63, 3.8) is 0 Å². The largest absolute Gasteiger partial charge is 0.357 e. The lowest BCUT2D eigenvalue weighted by Crippen LogP contribution is -2.46. The molecule has 0 spiro atoms. The first-order chi connectivity index (χ1) is 15.0. The quantitative estimate of drug-likeness (QED) is 0.592. The fourth-order valence-corrected chi connectivity index (χ4v) is 4.62. The molecule has 0 fully saturated rings. The number of likely N-dealkylation sites (N-methyl/N-ethyl adjacent to an activating group) is 1. The number of benzene rings is 2. The molecule has 0 saturated carbocycles. The summed E-state index contributed by atoms with van der Waals surface area (Å²) in [4.78, 5) is 26.8. The van der Waals surface area contributed by atoms with Gasteiger partial charge in [-0.25, -0.2) is 8.42 Å². The van der Waals surface area contributed by atoms with Gasteiger partial charge >= 0.3 is 0 Å². The number of amides is 2. The minimum atomic E-state index is -3.51. The number of aryl methyl sites for hydroxylation is 2. The second-order valence-corrected chi connectivity index (χ2v) is 9.99. The van der Waals surface area contributed by atoms with Gasteiger partial charge < -0.3 is 10.2 Å². The molecule has 1 N–H and O–H groups in total. The third kappa shape index (κ3) is 7.09. The van der Waals surface area contributed by atoms with Crippen LogP contribution in [0.15, 0.2) is 48.5 Å². The molecule has 0 aliphatic carbocycles. The van der Waals surface area contributed by atoms with Crippen molar-refractivity contribution in [2.75, 3.05) is 24.2 Å². The van der Waals surface area contributed by atoms with Gasteiger partial charge in [0.15, 0.2) is 0 Å². The van der Waals surface area contributed by atoms with E-state index in [2.05, 4.69) is 5.32 Å². The molecule has 2 amide bonds. The minimum absolute atomic E-state index is 0.130. The van der Waals surface area contributed by atoms with Crippen LogP contribution in [0.5, 0.6) is 0 Å². The smallest absolute Gasteiger partial charge is 0.242 e. The summed E-state index contributed by atoms with van der Waals surface area (Å²) in [6.07, 6.45) is 1.64. The number of rotatable bonds is 10. The Balaban J connectivity index is 2.15. The van der Waals surface area contributed by atoms with E-state index in [0.717, 1.165) is 16.7 Å². The predicted octanol–water partition coefficient (Wildman–Crippen LogP) is 3.01. The predicted molar refractivity (Wildman–Crippen MR) is 128 cm³/mol. The van der Waals surface area contributed by atoms with Crippen molar-refractivity contribution in [3.05, 3.63) is 65.2 Å². The summed E-state index contributed by atoms with van der Waals surface area (Å²) in [6.45, 7) is 6.02. The molecule has 0 aliphatic rings. The van der Waals surface area contributed by atoms with E-state index in [0.29, 0.717) is 18.7 Å². The molecule has 2 aromatic carbocycles. The van der Waals surface area contributed by atoms with Crippen molar-refractivity contribution in [2.24, 2.45) is 0 Å². The van der Waals surface area contributed by atoms with Crippen LogP contribution in [0.25, 0.3) is 0 Å². The first-order valence-electron chi connectivity index (χ1n) is 10.6. The standard InChI is InChI=1S/C24H33N3O4S/c1-18-14-19(2)16-22(15-18)27(32(5,30)31)13-9-12-23(28)26(20(3)24(29)25-4)17-21-10-7-6-8-11-21/h6-8,10-11,14-16,20H,9,12-13,17H2,1-5H3,(H,25,29)/t20-/m0/s1. The van der Waals surface area contributed by atoms with Crippen LogP contribution in [-0.2, 0) is 26.2 Å². The molecule has 0 heterocycles. The SMILES string of the molecule is CNC(=O)[C@H](C)N(Cc1ccccc1)C(=O)CCCN(c1cc(C)cc(C)c1)S(C)(=O)=O. The van der Waals surface area contributed by atoms with Gasteiger partial charge in [-0.15, -0.1) is 0 Å². The molecular formula is C24H33N3O4S. The van der Waals surface area contributed by atoms with Crippen molar-refractivity contribution < 1.29 is 18.0 Å². The zero-order valence-electron chi connectivity index (χ0n) is 19.5. The zero-order chi connectivity index (χ0) is 23.9. The lowest BCUT2D eigenvalue weighted by Gasteiger charge is -2.29. The van der Waals surface area contributed by atoms with Crippen LogP contribution >= 0.6 is 0 Å². The second-order valence-electron chi connectivity index (χ2n) is 8.08. The van der Waals surface area contributed by atoms with Gasteiger partial charge in [0, 0.05) is 26.6 Å². The lowest BCUT2D eigenvalue weighted by atomic mass is 10.1. The van der Waals surface area contributed by atoms with E-state index in [4.69, 9.17) is 0 Å². The number of sulfonamides is 1. The fraction of sp³-hybridized carbons (Fsp3) is 0.417. The Morgan fingerprint density at radius 3 is 2.16 bits per heavy atom. The molecule has 32 heavy (non-hydrogen) atoms. The van der Waals surface area contributed by atoms with Crippen molar-refractivity contribution in [1.82, 2.24) is 10.2 Å². The summed E-state index contributed by atoms with van der Waals surface area (Å²) in [5.74, 6) is -0.443. The minimum Gasteiger partial charge on any atom is -0.357 e. The molecule has 0 aromatic heterocycles. The van der Waals surface area contributed by atoms with Crippen molar-refractivity contribution in [1.29, 1.82) is 0 Å². The third-order valence-corrected chi connectivity index (χ3v) is 6.45. The average molecular weight is 460 g/mol. The highest BCUT2D eigenvalue weighted by Crippen LogP contribution is 2.22. The van der Waals surface area contributed by atoms with Gasteiger partial charge in [-0.3, -0.25) is 13.9 Å². The number of hydrogen-bond acceptors (Lipinski definition) is 4. The number of anilines is 1. The molecule has 0 aliphatic heterocycles. The summed E-state index contributed by atoms with van der Waals surface area (Å²) in [5, 5.41) is 2.59. The zero-order valence-corrected chi connectivity index (χ0v) is 20.3. The van der Waals surface area contributed by atoms with Crippen molar-refractivity contribution in [3.8, 4) is 0 Å². The highest BCUT2D eigenvalue weighted by atomic mass is 32.2. The summed E-state index contributed by atoms with van der Waals surface area (Å²) >= 11 is 0. The fourth-order valence-electron chi connectivity index (χ4n) is 3.67. The molecule has 2 aromatic rings. The van der Waals surface area contributed by atoms with Crippen LogP contribution in [0.2, 0.25) is 0 Å². The van der Waals surface area contributed by atoms with Gasteiger partial charge in [0.1, 0.15) is 6.04 Å². The second kappa shape index (κ2) is 11.1. The van der Waals surface area contributed by atoms with Crippen LogP contribution in [-0.4, -0.2) is 51.0 Å². The van der Waals surface area contributed by atoms with E-state index in [1.54, 1.807) is 6.92 Å². The summed E-state index contributed by atoms with van der Waals surface area (Å²) < 4.78 is 26.2. The van der Waals surface area contributed by atoms with Crippen LogP contribution in [0.1, 0.15) is 36.5 Å². The Bertz CT molecular complexity index is 1020. The van der Waals surface area contributed by atoms with Crippen LogP contribution in [0.3, 0.4) is 0 Å². The van der Waals surface area contributed by atoms with Crippen LogP contribution in [0, 0.1) is 13.8 Å². The van der Waals surface area contributed by atoms with Crippen molar-refractivity contribution in [2.45, 2.75) is 46.2 Å². The van der Waals surface area contributed by atoms with Gasteiger partial charge in [0.2, 0.25) is 21.8 Å². The van der Waals surface area contributed by atoms with Crippen LogP contribution in [0.4, 0.5) is 5.69 Å². The van der Waals surface area contributed by atoms with Gasteiger partial charge in [-0.1, -0.05) is 36.4 Å². The number of carbonyl (C=O) groups excluding carboxylic acids is 2. The number of hydrogen-bond donors (Lipinski definition) is 1. The van der Waals surface area contributed by atoms with E-state index >= 15 is 0 Å². The molecule has 7 nitrogen and oxygen atoms in total. The molecule has 174 valence electrons. The van der Waals surface area contributed by atoms with E-state index in [1.165, 1.54) is 22.5 Å². The Labute approximate surface area is 191 Å². The molecule has 8 heteroatoms. The average Bonchev–Trinajstić information content (AvgIpc) is 2.72. The summed E-state index contributed by atoms with van der Waals surface area (Å²) in [5.41, 5.74) is 3.46. The maximum atomic E-state index is 13.1. The van der Waals surface area contributed by atoms with Gasteiger partial charge in [-0.05, 0) is 56.0 Å². The molecule has 0 saturated heterocycles. The monoisotopic (exact) mass is 459 g/mol. The van der Waals surface area contributed by atoms with E-state index in [9.17, 15) is 18.0 Å². The molecule has 1 atom stereocenters. The Morgan fingerprint density at radius 1 is 1.03 bits per heavy atom. The molecule has 2 rings (SSSR count). The number of nitrogens with zero attached hydrogens (tertiary/aromatic N) is 2. The van der Waals surface area contributed by atoms with Crippen molar-refractivity contribution >= 4 is 27.5 Å². The van der Waals surface area contributed by atoms with E-state index < -0.39 is 16.1 Å². The van der Waals surface area contributed by atoms with E-state index in [1.807, 2.05) is 62.4 Å². The molecule has 0 unspecified atom stereocenters.